The molecule has 0 aliphatic carbocycles. The van der Waals surface area contributed by atoms with Gasteiger partial charge in [0.15, 0.2) is 5.65 Å². The van der Waals surface area contributed by atoms with Gasteiger partial charge in [-0.3, -0.25) is 0 Å². The summed E-state index contributed by atoms with van der Waals surface area (Å²) in [6.07, 6.45) is -3.67. The molecule has 21 heavy (non-hydrogen) atoms. The number of rotatable bonds is 4. The van der Waals surface area contributed by atoms with E-state index >= 15 is 0 Å². The number of hydrogen-bond donors (Lipinski definition) is 1. The van der Waals surface area contributed by atoms with Crippen LogP contribution in [0, 0.1) is 19.8 Å². The number of anilines is 1. The maximum Gasteiger partial charge on any atom is 0.453 e. The van der Waals surface area contributed by atoms with Gasteiger partial charge in [-0.1, -0.05) is 13.8 Å². The largest absolute Gasteiger partial charge is 0.453 e. The van der Waals surface area contributed by atoms with Gasteiger partial charge in [-0.05, 0) is 31.7 Å². The van der Waals surface area contributed by atoms with Gasteiger partial charge in [0, 0.05) is 12.1 Å². The summed E-state index contributed by atoms with van der Waals surface area (Å²) in [7, 11) is 0. The van der Waals surface area contributed by atoms with Gasteiger partial charge >= 0.3 is 6.18 Å². The van der Waals surface area contributed by atoms with Gasteiger partial charge < -0.3 is 5.32 Å². The molecule has 1 N–H and O–H groups in total. The molecular formula is C13H18F3N5. The van der Waals surface area contributed by atoms with Crippen LogP contribution in [0.1, 0.15) is 37.2 Å². The Kier molecular flexibility index (Phi) is 4.06. The summed E-state index contributed by atoms with van der Waals surface area (Å²) < 4.78 is 39.4. The van der Waals surface area contributed by atoms with Crippen LogP contribution in [0.15, 0.2) is 0 Å². The van der Waals surface area contributed by atoms with Crippen molar-refractivity contribution in [3.05, 3.63) is 17.0 Å². The van der Waals surface area contributed by atoms with E-state index in [-0.39, 0.29) is 5.65 Å². The molecule has 2 aromatic heterocycles. The minimum Gasteiger partial charge on any atom is -0.368 e. The number of aromatic nitrogens is 4. The molecule has 2 aromatic rings. The average Bonchev–Trinajstić information content (AvgIpc) is 2.78. The summed E-state index contributed by atoms with van der Waals surface area (Å²) in [5, 5.41) is 13.9. The third kappa shape index (κ3) is 3.08. The lowest BCUT2D eigenvalue weighted by atomic mass is 10.1. The molecule has 0 aliphatic heterocycles. The molecule has 0 saturated heterocycles. The minimum atomic E-state index is -4.58. The van der Waals surface area contributed by atoms with Gasteiger partial charge in [0.05, 0.1) is 0 Å². The van der Waals surface area contributed by atoms with E-state index in [9.17, 15) is 13.2 Å². The van der Waals surface area contributed by atoms with Crippen molar-refractivity contribution in [2.45, 2.75) is 40.3 Å². The topological polar surface area (TPSA) is 55.1 Å². The zero-order chi connectivity index (χ0) is 15.8. The van der Waals surface area contributed by atoms with Crippen molar-refractivity contribution in [3.63, 3.8) is 0 Å². The maximum absolute atomic E-state index is 12.9. The van der Waals surface area contributed by atoms with Crippen LogP contribution in [0.3, 0.4) is 0 Å². The molecule has 0 atom stereocenters. The van der Waals surface area contributed by atoms with E-state index in [4.69, 9.17) is 0 Å². The molecule has 5 nitrogen and oxygen atoms in total. The van der Waals surface area contributed by atoms with Gasteiger partial charge in [-0.25, -0.2) is 0 Å². The number of nitrogens with one attached hydrogen (secondary N) is 1. The molecule has 0 saturated carbocycles. The van der Waals surface area contributed by atoms with Crippen LogP contribution in [-0.2, 0) is 6.18 Å². The lowest BCUT2D eigenvalue weighted by Gasteiger charge is -2.13. The molecule has 0 aromatic carbocycles. The number of nitrogens with zero attached hydrogens (tertiary/aromatic N) is 4. The van der Waals surface area contributed by atoms with E-state index in [0.29, 0.717) is 23.8 Å². The summed E-state index contributed by atoms with van der Waals surface area (Å²) in [6, 6.07) is 0. The van der Waals surface area contributed by atoms with Crippen LogP contribution in [0.4, 0.5) is 19.0 Å². The Morgan fingerprint density at radius 2 is 1.81 bits per heavy atom. The first-order valence-corrected chi connectivity index (χ1v) is 6.75. The second-order valence-corrected chi connectivity index (χ2v) is 5.46. The molecule has 0 spiro atoms. The van der Waals surface area contributed by atoms with E-state index < -0.39 is 12.0 Å². The normalized spacial score (nSPS) is 12.4. The molecule has 0 aliphatic rings. The van der Waals surface area contributed by atoms with E-state index in [2.05, 4.69) is 34.5 Å². The zero-order valence-electron chi connectivity index (χ0n) is 12.4. The van der Waals surface area contributed by atoms with Crippen LogP contribution >= 0.6 is 0 Å². The van der Waals surface area contributed by atoms with Gasteiger partial charge in [-0.2, -0.15) is 17.7 Å². The molecule has 0 fully saturated rings. The number of hydrogen-bond acceptors (Lipinski definition) is 4. The fraction of sp³-hybridized carbons (Fsp3) is 0.615. The fourth-order valence-electron chi connectivity index (χ4n) is 1.95. The first-order chi connectivity index (χ1) is 9.71. The summed E-state index contributed by atoms with van der Waals surface area (Å²) in [6.45, 7) is 8.34. The third-order valence-electron chi connectivity index (χ3n) is 3.36. The van der Waals surface area contributed by atoms with Gasteiger partial charge in [-0.15, -0.1) is 15.3 Å². The molecule has 116 valence electrons. The lowest BCUT2D eigenvalue weighted by molar-refractivity contribution is -0.146. The number of alkyl halides is 3. The predicted molar refractivity (Wildman–Crippen MR) is 73.2 cm³/mol. The van der Waals surface area contributed by atoms with E-state index in [1.165, 1.54) is 0 Å². The van der Waals surface area contributed by atoms with Crippen LogP contribution < -0.4 is 5.32 Å². The third-order valence-corrected chi connectivity index (χ3v) is 3.36. The van der Waals surface area contributed by atoms with E-state index in [0.717, 1.165) is 16.5 Å². The molecule has 8 heteroatoms. The molecule has 0 amide bonds. The molecular weight excluding hydrogens is 283 g/mol. The summed E-state index contributed by atoms with van der Waals surface area (Å²) in [4.78, 5) is 0. The van der Waals surface area contributed by atoms with Crippen molar-refractivity contribution in [2.24, 2.45) is 5.92 Å². The lowest BCUT2D eigenvalue weighted by Crippen LogP contribution is -2.15. The highest BCUT2D eigenvalue weighted by Gasteiger charge is 2.38. The van der Waals surface area contributed by atoms with Crippen molar-refractivity contribution < 1.29 is 13.2 Å². The minimum absolute atomic E-state index is 0.134. The SMILES string of the molecule is Cc1c(NCCC(C)C)nn2c(C(F)(F)F)nnc2c1C. The van der Waals surface area contributed by atoms with Crippen molar-refractivity contribution in [2.75, 3.05) is 11.9 Å². The van der Waals surface area contributed by atoms with Gasteiger partial charge in [0.2, 0.25) is 0 Å². The standard InChI is InChI=1S/C13H18F3N5/c1-7(2)5-6-17-10-8(3)9(4)11-18-19-12(13(14,15)16)21(11)20-10/h7H,5-6H2,1-4H3,(H,17,20). The van der Waals surface area contributed by atoms with Gasteiger partial charge in [0.25, 0.3) is 5.82 Å². The second-order valence-electron chi connectivity index (χ2n) is 5.46. The molecule has 0 bridgehead atoms. The smallest absolute Gasteiger partial charge is 0.368 e. The van der Waals surface area contributed by atoms with Crippen LogP contribution in [0.25, 0.3) is 5.65 Å². The monoisotopic (exact) mass is 301 g/mol. The Balaban J connectivity index is 2.44. The predicted octanol–water partition coefficient (Wildman–Crippen LogP) is 3.22. The van der Waals surface area contributed by atoms with Crippen molar-refractivity contribution in [1.82, 2.24) is 19.8 Å². The molecule has 2 rings (SSSR count). The van der Waals surface area contributed by atoms with Crippen LogP contribution in [0.2, 0.25) is 0 Å². The Labute approximate surface area is 120 Å². The Hall–Kier alpha value is -1.86. The van der Waals surface area contributed by atoms with Crippen LogP contribution in [-0.4, -0.2) is 26.4 Å². The summed E-state index contributed by atoms with van der Waals surface area (Å²) >= 11 is 0. The summed E-state index contributed by atoms with van der Waals surface area (Å²) in [5.41, 5.74) is 1.56. The first-order valence-electron chi connectivity index (χ1n) is 6.75. The summed E-state index contributed by atoms with van der Waals surface area (Å²) in [5.74, 6) is -0.165. The highest BCUT2D eigenvalue weighted by molar-refractivity contribution is 5.58. The Morgan fingerprint density at radius 3 is 2.38 bits per heavy atom. The highest BCUT2D eigenvalue weighted by atomic mass is 19.4. The van der Waals surface area contributed by atoms with Crippen molar-refractivity contribution >= 4 is 11.5 Å². The maximum atomic E-state index is 12.9. The second kappa shape index (κ2) is 5.50. The van der Waals surface area contributed by atoms with Crippen molar-refractivity contribution in [1.29, 1.82) is 0 Å². The first kappa shape index (κ1) is 15.5. The fourth-order valence-corrected chi connectivity index (χ4v) is 1.95. The van der Waals surface area contributed by atoms with E-state index in [1.807, 2.05) is 6.92 Å². The van der Waals surface area contributed by atoms with Crippen molar-refractivity contribution in [3.8, 4) is 0 Å². The average molecular weight is 301 g/mol. The van der Waals surface area contributed by atoms with Gasteiger partial charge in [0.1, 0.15) is 5.82 Å². The Morgan fingerprint density at radius 1 is 1.14 bits per heavy atom. The Bertz CT molecular complexity index is 645. The van der Waals surface area contributed by atoms with Crippen LogP contribution in [0.5, 0.6) is 0 Å². The number of fused-ring (bicyclic) bond motifs is 1. The zero-order valence-corrected chi connectivity index (χ0v) is 12.4. The number of halogens is 3. The quantitative estimate of drug-likeness (QED) is 0.942. The molecule has 0 unspecified atom stereocenters. The molecule has 2 heterocycles. The molecule has 0 radical (unpaired) electrons. The van der Waals surface area contributed by atoms with E-state index in [1.54, 1.807) is 6.92 Å². The highest BCUT2D eigenvalue weighted by Crippen LogP contribution is 2.29. The number of aryl methyl sites for hydroxylation is 1.